The molecule has 0 saturated heterocycles. The molecule has 0 spiro atoms. The molecular formula is C18H20ClN5O2. The van der Waals surface area contributed by atoms with Gasteiger partial charge in [-0.05, 0) is 49.2 Å². The van der Waals surface area contributed by atoms with Crippen LogP contribution in [0.15, 0.2) is 34.5 Å². The number of amides is 2. The normalized spacial score (nSPS) is 10.8. The molecule has 4 N–H and O–H groups in total. The number of carbonyl (C=O) groups is 2. The number of benzene rings is 2. The molecule has 0 atom stereocenters. The monoisotopic (exact) mass is 373 g/mol. The molecule has 26 heavy (non-hydrogen) atoms. The zero-order valence-corrected chi connectivity index (χ0v) is 15.7. The smallest absolute Gasteiger partial charge is 0.221 e. The van der Waals surface area contributed by atoms with Gasteiger partial charge in [0.15, 0.2) is 0 Å². The summed E-state index contributed by atoms with van der Waals surface area (Å²) in [6, 6.07) is 6.68. The Morgan fingerprint density at radius 1 is 0.962 bits per heavy atom. The fourth-order valence-corrected chi connectivity index (χ4v) is 2.59. The summed E-state index contributed by atoms with van der Waals surface area (Å²) in [5.41, 5.74) is 10.0. The molecule has 8 heteroatoms. The number of hydrogen-bond donors (Lipinski definition) is 3. The number of hydrogen-bond acceptors (Lipinski definition) is 5. The zero-order valence-electron chi connectivity index (χ0n) is 15.0. The molecule has 2 rings (SSSR count). The topological polar surface area (TPSA) is 109 Å². The van der Waals surface area contributed by atoms with E-state index in [1.54, 1.807) is 12.1 Å². The van der Waals surface area contributed by atoms with E-state index in [4.69, 9.17) is 17.3 Å². The van der Waals surface area contributed by atoms with Gasteiger partial charge in [-0.2, -0.15) is 5.11 Å². The predicted molar refractivity (Wildman–Crippen MR) is 105 cm³/mol. The van der Waals surface area contributed by atoms with Crippen LogP contribution in [-0.4, -0.2) is 11.8 Å². The van der Waals surface area contributed by atoms with Crippen molar-refractivity contribution in [1.82, 2.24) is 0 Å². The second-order valence-electron chi connectivity index (χ2n) is 5.91. The van der Waals surface area contributed by atoms with Gasteiger partial charge in [-0.3, -0.25) is 9.59 Å². The molecule has 0 bridgehead atoms. The Kier molecular flexibility index (Phi) is 5.94. The van der Waals surface area contributed by atoms with Gasteiger partial charge in [0.1, 0.15) is 5.69 Å². The van der Waals surface area contributed by atoms with Crippen LogP contribution in [0.4, 0.5) is 28.4 Å². The van der Waals surface area contributed by atoms with Crippen molar-refractivity contribution < 1.29 is 9.59 Å². The Bertz CT molecular complexity index is 886. The number of aryl methyl sites for hydroxylation is 2. The molecular weight excluding hydrogens is 354 g/mol. The summed E-state index contributed by atoms with van der Waals surface area (Å²) in [4.78, 5) is 22.6. The summed E-state index contributed by atoms with van der Waals surface area (Å²) in [6.07, 6.45) is 0. The summed E-state index contributed by atoms with van der Waals surface area (Å²) < 4.78 is 0. The summed E-state index contributed by atoms with van der Waals surface area (Å²) in [6.45, 7) is 6.60. The molecule has 2 aromatic rings. The van der Waals surface area contributed by atoms with Gasteiger partial charge in [0.05, 0.1) is 22.1 Å². The lowest BCUT2D eigenvalue weighted by Crippen LogP contribution is -2.08. The van der Waals surface area contributed by atoms with Crippen LogP contribution in [0, 0.1) is 13.8 Å². The number of carbonyl (C=O) groups excluding carboxylic acids is 2. The Hall–Kier alpha value is -2.93. The van der Waals surface area contributed by atoms with E-state index in [1.807, 2.05) is 13.8 Å². The number of halogens is 1. The standard InChI is InChI=1S/C18H20ClN5O2/c1-9-5-13(6-10(2)18(9)22-12(4)26)23-24-17-7-14(19)15(20)8-16(17)21-11(3)25/h5-8H,20H2,1-4H3,(H,21,25)(H,22,26)/b24-23+. The van der Waals surface area contributed by atoms with Crippen molar-refractivity contribution in [3.05, 3.63) is 40.4 Å². The van der Waals surface area contributed by atoms with Crippen molar-refractivity contribution in [2.24, 2.45) is 10.2 Å². The Labute approximate surface area is 156 Å². The van der Waals surface area contributed by atoms with Crippen LogP contribution in [0.1, 0.15) is 25.0 Å². The molecule has 0 radical (unpaired) electrons. The summed E-state index contributed by atoms with van der Waals surface area (Å²) in [5.74, 6) is -0.392. The van der Waals surface area contributed by atoms with Gasteiger partial charge in [0.2, 0.25) is 11.8 Å². The van der Waals surface area contributed by atoms with Crippen LogP contribution < -0.4 is 16.4 Å². The van der Waals surface area contributed by atoms with E-state index in [0.29, 0.717) is 27.8 Å². The van der Waals surface area contributed by atoms with Crippen LogP contribution >= 0.6 is 11.6 Å². The molecule has 2 amide bonds. The molecule has 0 fully saturated rings. The number of anilines is 3. The molecule has 0 saturated carbocycles. The third-order valence-electron chi connectivity index (χ3n) is 3.52. The van der Waals surface area contributed by atoms with Crippen LogP contribution in [0.25, 0.3) is 0 Å². The van der Waals surface area contributed by atoms with E-state index in [2.05, 4.69) is 20.9 Å². The minimum atomic E-state index is -0.255. The number of nitrogens with two attached hydrogens (primary N) is 1. The molecule has 0 aliphatic rings. The number of azo groups is 1. The van der Waals surface area contributed by atoms with Gasteiger partial charge in [0, 0.05) is 19.5 Å². The van der Waals surface area contributed by atoms with Crippen LogP contribution in [-0.2, 0) is 9.59 Å². The minimum absolute atomic E-state index is 0.137. The molecule has 2 aromatic carbocycles. The van der Waals surface area contributed by atoms with Crippen molar-refractivity contribution in [2.75, 3.05) is 16.4 Å². The second-order valence-corrected chi connectivity index (χ2v) is 6.32. The average molecular weight is 374 g/mol. The highest BCUT2D eigenvalue weighted by Gasteiger charge is 2.09. The number of nitrogens with one attached hydrogen (secondary N) is 2. The van der Waals surface area contributed by atoms with Crippen LogP contribution in [0.2, 0.25) is 5.02 Å². The van der Waals surface area contributed by atoms with Crippen LogP contribution in [0.5, 0.6) is 0 Å². The number of rotatable bonds is 4. The van der Waals surface area contributed by atoms with Gasteiger partial charge < -0.3 is 16.4 Å². The minimum Gasteiger partial charge on any atom is -0.397 e. The Balaban J connectivity index is 2.39. The highest BCUT2D eigenvalue weighted by atomic mass is 35.5. The van der Waals surface area contributed by atoms with Gasteiger partial charge in [-0.25, -0.2) is 0 Å². The second kappa shape index (κ2) is 7.97. The van der Waals surface area contributed by atoms with E-state index < -0.39 is 0 Å². The lowest BCUT2D eigenvalue weighted by molar-refractivity contribution is -0.115. The fourth-order valence-electron chi connectivity index (χ4n) is 2.44. The first-order valence-corrected chi connectivity index (χ1v) is 8.22. The molecule has 7 nitrogen and oxygen atoms in total. The van der Waals surface area contributed by atoms with Gasteiger partial charge >= 0.3 is 0 Å². The highest BCUT2D eigenvalue weighted by Crippen LogP contribution is 2.35. The SMILES string of the molecule is CC(=O)Nc1cc(N)c(Cl)cc1/N=N/c1cc(C)c(NC(C)=O)c(C)c1. The molecule has 0 aliphatic carbocycles. The van der Waals surface area contributed by atoms with E-state index in [9.17, 15) is 9.59 Å². The van der Waals surface area contributed by atoms with Crippen LogP contribution in [0.3, 0.4) is 0 Å². The van der Waals surface area contributed by atoms with Crippen molar-refractivity contribution in [3.63, 3.8) is 0 Å². The largest absolute Gasteiger partial charge is 0.397 e. The molecule has 0 aliphatic heterocycles. The summed E-state index contributed by atoms with van der Waals surface area (Å²) in [7, 11) is 0. The molecule has 0 unspecified atom stereocenters. The zero-order chi connectivity index (χ0) is 19.4. The first kappa shape index (κ1) is 19.4. The lowest BCUT2D eigenvalue weighted by Gasteiger charge is -2.11. The lowest BCUT2D eigenvalue weighted by atomic mass is 10.1. The summed E-state index contributed by atoms with van der Waals surface area (Å²) in [5, 5.41) is 14.2. The van der Waals surface area contributed by atoms with E-state index in [0.717, 1.165) is 16.8 Å². The maximum absolute atomic E-state index is 11.4. The molecule has 0 aromatic heterocycles. The van der Waals surface area contributed by atoms with Gasteiger partial charge in [-0.1, -0.05) is 11.6 Å². The van der Waals surface area contributed by atoms with Crippen molar-refractivity contribution >= 4 is 51.9 Å². The number of nitrogen functional groups attached to an aromatic ring is 1. The first-order chi connectivity index (χ1) is 12.2. The maximum atomic E-state index is 11.4. The molecule has 136 valence electrons. The molecule has 0 heterocycles. The Morgan fingerprint density at radius 2 is 1.54 bits per heavy atom. The first-order valence-electron chi connectivity index (χ1n) is 7.84. The quantitative estimate of drug-likeness (QED) is 0.525. The van der Waals surface area contributed by atoms with Gasteiger partial charge in [-0.15, -0.1) is 5.11 Å². The van der Waals surface area contributed by atoms with Crippen molar-refractivity contribution in [3.8, 4) is 0 Å². The van der Waals surface area contributed by atoms with Gasteiger partial charge in [0.25, 0.3) is 0 Å². The van der Waals surface area contributed by atoms with E-state index >= 15 is 0 Å². The highest BCUT2D eigenvalue weighted by molar-refractivity contribution is 6.33. The fraction of sp³-hybridized carbons (Fsp3) is 0.222. The average Bonchev–Trinajstić information content (AvgIpc) is 2.52. The van der Waals surface area contributed by atoms with E-state index in [1.165, 1.54) is 26.0 Å². The van der Waals surface area contributed by atoms with Crippen molar-refractivity contribution in [1.29, 1.82) is 0 Å². The predicted octanol–water partition coefficient (Wildman–Crippen LogP) is 4.87. The maximum Gasteiger partial charge on any atom is 0.221 e. The summed E-state index contributed by atoms with van der Waals surface area (Å²) >= 11 is 6.04. The third kappa shape index (κ3) is 4.80. The van der Waals surface area contributed by atoms with E-state index in [-0.39, 0.29) is 11.8 Å². The number of nitrogens with zero attached hydrogens (tertiary/aromatic N) is 2. The third-order valence-corrected chi connectivity index (χ3v) is 3.84. The Morgan fingerprint density at radius 3 is 2.08 bits per heavy atom. The van der Waals surface area contributed by atoms with Crippen molar-refractivity contribution in [2.45, 2.75) is 27.7 Å².